The number of benzene rings is 1. The van der Waals surface area contributed by atoms with Gasteiger partial charge in [0.25, 0.3) is 5.91 Å². The Balaban J connectivity index is 2.89. The second-order valence-electron chi connectivity index (χ2n) is 3.40. The van der Waals surface area contributed by atoms with Gasteiger partial charge in [-0.05, 0) is 23.8 Å². The van der Waals surface area contributed by atoms with Crippen LogP contribution in [0.15, 0.2) is 24.3 Å². The van der Waals surface area contributed by atoms with Gasteiger partial charge in [0, 0.05) is 6.08 Å². The molecule has 1 aromatic carbocycles. The zero-order chi connectivity index (χ0) is 13.5. The Bertz CT molecular complexity index is 483. The lowest BCUT2D eigenvalue weighted by Crippen LogP contribution is -2.20. The summed E-state index contributed by atoms with van der Waals surface area (Å²) < 4.78 is 10.3. The highest BCUT2D eigenvalue weighted by molar-refractivity contribution is 5.90. The summed E-state index contributed by atoms with van der Waals surface area (Å²) in [4.78, 5) is 21.2. The van der Waals surface area contributed by atoms with Gasteiger partial charge in [-0.15, -0.1) is 0 Å². The maximum atomic E-state index is 10.6. The topological polar surface area (TPSA) is 105 Å². The first-order valence-corrected chi connectivity index (χ1v) is 5.09. The Kier molecular flexibility index (Phi) is 4.74. The lowest BCUT2D eigenvalue weighted by atomic mass is 10.2. The van der Waals surface area contributed by atoms with E-state index in [1.165, 1.54) is 13.2 Å². The second kappa shape index (κ2) is 6.29. The molecule has 0 aliphatic carbocycles. The van der Waals surface area contributed by atoms with Crippen molar-refractivity contribution in [2.75, 3.05) is 13.7 Å². The first kappa shape index (κ1) is 13.6. The van der Waals surface area contributed by atoms with Crippen LogP contribution in [0.4, 0.5) is 0 Å². The van der Waals surface area contributed by atoms with Gasteiger partial charge >= 0.3 is 0 Å². The second-order valence-corrected chi connectivity index (χ2v) is 3.40. The van der Waals surface area contributed by atoms with E-state index < -0.39 is 11.8 Å². The van der Waals surface area contributed by atoms with Gasteiger partial charge in [0.2, 0.25) is 5.91 Å². The minimum absolute atomic E-state index is 0.229. The molecule has 0 aliphatic heterocycles. The number of hydrogen-bond donors (Lipinski definition) is 2. The summed E-state index contributed by atoms with van der Waals surface area (Å²) in [6, 6.07) is 4.95. The molecule has 0 spiro atoms. The summed E-state index contributed by atoms with van der Waals surface area (Å²) >= 11 is 0. The van der Waals surface area contributed by atoms with Gasteiger partial charge < -0.3 is 20.9 Å². The molecule has 0 atom stereocenters. The summed E-state index contributed by atoms with van der Waals surface area (Å²) in [6.45, 7) is -0.229. The molecule has 0 bridgehead atoms. The number of primary amides is 2. The Hall–Kier alpha value is -2.50. The van der Waals surface area contributed by atoms with E-state index in [-0.39, 0.29) is 6.61 Å². The molecule has 0 aliphatic rings. The predicted octanol–water partition coefficient (Wildman–Crippen LogP) is 0.0578. The van der Waals surface area contributed by atoms with Crippen LogP contribution in [0.5, 0.6) is 11.5 Å². The number of carbonyl (C=O) groups is 2. The van der Waals surface area contributed by atoms with Crippen LogP contribution in [-0.2, 0) is 9.59 Å². The van der Waals surface area contributed by atoms with Crippen molar-refractivity contribution in [1.82, 2.24) is 0 Å². The Morgan fingerprint density at radius 2 is 2.00 bits per heavy atom. The fourth-order valence-electron chi connectivity index (χ4n) is 1.23. The summed E-state index contributed by atoms with van der Waals surface area (Å²) in [5.74, 6) is -0.284. The molecule has 96 valence electrons. The van der Waals surface area contributed by atoms with Crippen LogP contribution in [0.1, 0.15) is 5.56 Å². The van der Waals surface area contributed by atoms with Crippen molar-refractivity contribution in [2.45, 2.75) is 0 Å². The van der Waals surface area contributed by atoms with E-state index >= 15 is 0 Å². The number of nitrogens with two attached hydrogens (primary N) is 2. The molecule has 2 amide bonds. The van der Waals surface area contributed by atoms with E-state index in [0.29, 0.717) is 11.5 Å². The third-order valence-corrected chi connectivity index (χ3v) is 2.00. The fraction of sp³-hybridized carbons (Fsp3) is 0.167. The van der Waals surface area contributed by atoms with Crippen molar-refractivity contribution >= 4 is 17.9 Å². The van der Waals surface area contributed by atoms with Crippen LogP contribution in [0.3, 0.4) is 0 Å². The summed E-state index contributed by atoms with van der Waals surface area (Å²) in [6.07, 6.45) is 2.78. The minimum Gasteiger partial charge on any atom is -0.493 e. The third-order valence-electron chi connectivity index (χ3n) is 2.00. The van der Waals surface area contributed by atoms with E-state index in [9.17, 15) is 9.59 Å². The van der Waals surface area contributed by atoms with Gasteiger partial charge in [-0.1, -0.05) is 6.07 Å². The zero-order valence-electron chi connectivity index (χ0n) is 9.88. The maximum absolute atomic E-state index is 10.6. The first-order valence-electron chi connectivity index (χ1n) is 5.09. The molecule has 6 heteroatoms. The molecule has 6 nitrogen and oxygen atoms in total. The number of ether oxygens (including phenoxy) is 2. The Morgan fingerprint density at radius 3 is 2.56 bits per heavy atom. The Morgan fingerprint density at radius 1 is 1.28 bits per heavy atom. The highest BCUT2D eigenvalue weighted by Gasteiger charge is 2.06. The van der Waals surface area contributed by atoms with Gasteiger partial charge in [0.1, 0.15) is 0 Å². The molecule has 0 heterocycles. The van der Waals surface area contributed by atoms with Crippen molar-refractivity contribution in [1.29, 1.82) is 0 Å². The molecule has 0 saturated carbocycles. The van der Waals surface area contributed by atoms with Crippen LogP contribution >= 0.6 is 0 Å². The molecule has 0 saturated heterocycles. The first-order chi connectivity index (χ1) is 8.52. The zero-order valence-corrected chi connectivity index (χ0v) is 9.88. The van der Waals surface area contributed by atoms with Crippen molar-refractivity contribution in [3.8, 4) is 11.5 Å². The Labute approximate surface area is 104 Å². The molecular formula is C12H14N2O4. The van der Waals surface area contributed by atoms with Crippen molar-refractivity contribution in [3.63, 3.8) is 0 Å². The van der Waals surface area contributed by atoms with Gasteiger partial charge in [-0.3, -0.25) is 9.59 Å². The molecule has 0 unspecified atom stereocenters. The molecule has 0 radical (unpaired) electrons. The number of methoxy groups -OCH3 is 1. The van der Waals surface area contributed by atoms with Crippen LogP contribution in [0, 0.1) is 0 Å². The van der Waals surface area contributed by atoms with Crippen LogP contribution in [0.2, 0.25) is 0 Å². The number of amides is 2. The van der Waals surface area contributed by atoms with Crippen molar-refractivity contribution in [3.05, 3.63) is 29.8 Å². The highest BCUT2D eigenvalue weighted by atomic mass is 16.5. The molecule has 0 fully saturated rings. The lowest BCUT2D eigenvalue weighted by Gasteiger charge is -2.09. The monoisotopic (exact) mass is 250 g/mol. The van der Waals surface area contributed by atoms with E-state index in [1.807, 2.05) is 0 Å². The normalized spacial score (nSPS) is 10.3. The molecule has 18 heavy (non-hydrogen) atoms. The van der Waals surface area contributed by atoms with Gasteiger partial charge in [0.05, 0.1) is 7.11 Å². The van der Waals surface area contributed by atoms with Gasteiger partial charge in [0.15, 0.2) is 18.1 Å². The van der Waals surface area contributed by atoms with Gasteiger partial charge in [-0.25, -0.2) is 0 Å². The molecule has 1 rings (SSSR count). The van der Waals surface area contributed by atoms with Crippen LogP contribution < -0.4 is 20.9 Å². The third kappa shape index (κ3) is 4.17. The minimum atomic E-state index is -0.574. The summed E-state index contributed by atoms with van der Waals surface area (Å²) in [5.41, 5.74) is 10.7. The molecular weight excluding hydrogens is 236 g/mol. The quantitative estimate of drug-likeness (QED) is 0.696. The predicted molar refractivity (Wildman–Crippen MR) is 65.9 cm³/mol. The number of carbonyl (C=O) groups excluding carboxylic acids is 2. The van der Waals surface area contributed by atoms with Crippen molar-refractivity contribution in [2.24, 2.45) is 11.5 Å². The summed E-state index contributed by atoms with van der Waals surface area (Å²) in [7, 11) is 1.47. The SMILES string of the molecule is COc1cc(C=CC(N)=O)ccc1OCC(N)=O. The standard InChI is InChI=1S/C12H14N2O4/c1-17-10-6-8(3-5-11(13)15)2-4-9(10)18-7-12(14)16/h2-6H,7H2,1H3,(H2,13,15)(H2,14,16). The summed E-state index contributed by atoms with van der Waals surface area (Å²) in [5, 5.41) is 0. The van der Waals surface area contributed by atoms with Crippen LogP contribution in [-0.4, -0.2) is 25.5 Å². The lowest BCUT2D eigenvalue weighted by molar-refractivity contribution is -0.120. The van der Waals surface area contributed by atoms with Gasteiger partial charge in [-0.2, -0.15) is 0 Å². The van der Waals surface area contributed by atoms with E-state index in [0.717, 1.165) is 5.56 Å². The fourth-order valence-corrected chi connectivity index (χ4v) is 1.23. The highest BCUT2D eigenvalue weighted by Crippen LogP contribution is 2.28. The van der Waals surface area contributed by atoms with Crippen molar-refractivity contribution < 1.29 is 19.1 Å². The average molecular weight is 250 g/mol. The molecule has 4 N–H and O–H groups in total. The van der Waals surface area contributed by atoms with E-state index in [1.54, 1.807) is 24.3 Å². The van der Waals surface area contributed by atoms with E-state index in [4.69, 9.17) is 20.9 Å². The average Bonchev–Trinajstić information content (AvgIpc) is 2.34. The maximum Gasteiger partial charge on any atom is 0.255 e. The van der Waals surface area contributed by atoms with Crippen LogP contribution in [0.25, 0.3) is 6.08 Å². The molecule has 0 aromatic heterocycles. The number of hydrogen-bond acceptors (Lipinski definition) is 4. The largest absolute Gasteiger partial charge is 0.493 e. The molecule has 1 aromatic rings. The van der Waals surface area contributed by atoms with E-state index in [2.05, 4.69) is 0 Å². The number of rotatable bonds is 6. The smallest absolute Gasteiger partial charge is 0.255 e.